The standard InChI is InChI=1S/C20H28N6O/c1-23-7-2-8-24(10-9-23)14-3-4-15(16(21)11-14)18(22)19(27)26-13-25-12-20(25)6-5-17(20)26/h3-4,11,17,22H,2,5-10,12-13,21H2,1H3. The zero-order chi connectivity index (χ0) is 18.8. The number of nitrogen functional groups attached to an aromatic ring is 1. The van der Waals surface area contributed by atoms with Crippen LogP contribution >= 0.6 is 0 Å². The van der Waals surface area contributed by atoms with Crippen LogP contribution in [0.4, 0.5) is 11.4 Å². The first-order chi connectivity index (χ1) is 13.0. The number of nitrogens with one attached hydrogen (secondary N) is 1. The van der Waals surface area contributed by atoms with Gasteiger partial charge < -0.3 is 20.4 Å². The highest BCUT2D eigenvalue weighted by Gasteiger charge is 2.70. The predicted molar refractivity (Wildman–Crippen MR) is 106 cm³/mol. The summed E-state index contributed by atoms with van der Waals surface area (Å²) in [4.78, 5) is 21.8. The van der Waals surface area contributed by atoms with Crippen LogP contribution in [0.1, 0.15) is 24.8 Å². The van der Waals surface area contributed by atoms with E-state index in [9.17, 15) is 4.79 Å². The first-order valence-corrected chi connectivity index (χ1v) is 9.97. The third-order valence-corrected chi connectivity index (χ3v) is 7.03. The van der Waals surface area contributed by atoms with Gasteiger partial charge >= 0.3 is 0 Å². The van der Waals surface area contributed by atoms with Crippen molar-refractivity contribution < 1.29 is 4.79 Å². The van der Waals surface area contributed by atoms with Gasteiger partial charge in [-0.3, -0.25) is 15.1 Å². The third kappa shape index (κ3) is 2.56. The van der Waals surface area contributed by atoms with E-state index in [2.05, 4.69) is 21.7 Å². The van der Waals surface area contributed by atoms with Crippen LogP contribution in [0.5, 0.6) is 0 Å². The predicted octanol–water partition coefficient (Wildman–Crippen LogP) is 0.795. The monoisotopic (exact) mass is 368 g/mol. The number of carbonyl (C=O) groups excluding carboxylic acids is 1. The second-order valence-electron chi connectivity index (χ2n) is 8.56. The number of hydrogen-bond acceptors (Lipinski definition) is 6. The Morgan fingerprint density at radius 3 is 2.81 bits per heavy atom. The van der Waals surface area contributed by atoms with Crippen molar-refractivity contribution in [3.8, 4) is 0 Å². The number of hydrogen-bond donors (Lipinski definition) is 2. The van der Waals surface area contributed by atoms with E-state index in [-0.39, 0.29) is 17.2 Å². The van der Waals surface area contributed by atoms with Crippen molar-refractivity contribution in [1.29, 1.82) is 5.41 Å². The molecule has 5 rings (SSSR count). The van der Waals surface area contributed by atoms with Gasteiger partial charge in [-0.15, -0.1) is 0 Å². The number of benzene rings is 1. The number of carbonyl (C=O) groups is 1. The lowest BCUT2D eigenvalue weighted by atomic mass is 9.78. The zero-order valence-corrected chi connectivity index (χ0v) is 15.9. The maximum Gasteiger partial charge on any atom is 0.273 e. The highest BCUT2D eigenvalue weighted by atomic mass is 16.2. The Morgan fingerprint density at radius 1 is 1.26 bits per heavy atom. The molecule has 3 saturated heterocycles. The molecule has 3 heterocycles. The molecule has 1 amide bonds. The number of nitrogens with zero attached hydrogens (tertiary/aromatic N) is 4. The van der Waals surface area contributed by atoms with Crippen molar-refractivity contribution in [2.45, 2.75) is 30.8 Å². The fourth-order valence-corrected chi connectivity index (χ4v) is 5.12. The average molecular weight is 368 g/mol. The molecule has 4 fully saturated rings. The van der Waals surface area contributed by atoms with E-state index in [0.29, 0.717) is 24.0 Å². The summed E-state index contributed by atoms with van der Waals surface area (Å²) in [6.45, 7) is 5.91. The van der Waals surface area contributed by atoms with Gasteiger partial charge in [0, 0.05) is 43.1 Å². The van der Waals surface area contributed by atoms with Gasteiger partial charge in [-0.25, -0.2) is 0 Å². The van der Waals surface area contributed by atoms with Crippen LogP contribution in [0.25, 0.3) is 0 Å². The summed E-state index contributed by atoms with van der Waals surface area (Å²) in [7, 11) is 2.15. The molecule has 1 spiro atoms. The number of rotatable bonds is 3. The number of amides is 1. The van der Waals surface area contributed by atoms with Gasteiger partial charge in [-0.2, -0.15) is 0 Å². The molecule has 0 bridgehead atoms. The van der Waals surface area contributed by atoms with Crippen LogP contribution in [-0.4, -0.2) is 84.3 Å². The summed E-state index contributed by atoms with van der Waals surface area (Å²) >= 11 is 0. The molecule has 144 valence electrons. The smallest absolute Gasteiger partial charge is 0.273 e. The number of anilines is 2. The van der Waals surface area contributed by atoms with Gasteiger partial charge in [0.25, 0.3) is 5.91 Å². The Labute approximate surface area is 160 Å². The minimum Gasteiger partial charge on any atom is -0.398 e. The Morgan fingerprint density at radius 2 is 2.11 bits per heavy atom. The van der Waals surface area contributed by atoms with Crippen molar-refractivity contribution in [2.75, 3.05) is 57.1 Å². The van der Waals surface area contributed by atoms with Gasteiger partial charge in [0.05, 0.1) is 18.2 Å². The van der Waals surface area contributed by atoms with Gasteiger partial charge in [0.2, 0.25) is 0 Å². The van der Waals surface area contributed by atoms with Crippen LogP contribution in [0.2, 0.25) is 0 Å². The Balaban J connectivity index is 1.31. The Bertz CT molecular complexity index is 806. The molecule has 7 heteroatoms. The molecule has 3 N–H and O–H groups in total. The van der Waals surface area contributed by atoms with Crippen LogP contribution in [0, 0.1) is 5.41 Å². The second kappa shape index (κ2) is 5.94. The largest absolute Gasteiger partial charge is 0.398 e. The van der Waals surface area contributed by atoms with Gasteiger partial charge in [-0.05, 0) is 51.1 Å². The quantitative estimate of drug-likeness (QED) is 0.469. The van der Waals surface area contributed by atoms with Crippen molar-refractivity contribution in [2.24, 2.45) is 0 Å². The van der Waals surface area contributed by atoms with E-state index in [1.165, 1.54) is 6.42 Å². The lowest BCUT2D eigenvalue weighted by molar-refractivity contribution is -0.127. The topological polar surface area (TPSA) is 79.7 Å². The summed E-state index contributed by atoms with van der Waals surface area (Å²) < 4.78 is 0. The molecule has 1 aromatic carbocycles. The summed E-state index contributed by atoms with van der Waals surface area (Å²) in [5, 5.41) is 8.47. The molecule has 1 aromatic rings. The fraction of sp³-hybridized carbons (Fsp3) is 0.600. The molecule has 0 radical (unpaired) electrons. The van der Waals surface area contributed by atoms with Crippen LogP contribution in [-0.2, 0) is 4.79 Å². The molecule has 0 aromatic heterocycles. The van der Waals surface area contributed by atoms with Gasteiger partial charge in [-0.1, -0.05) is 0 Å². The highest BCUT2D eigenvalue weighted by molar-refractivity contribution is 6.45. The van der Waals surface area contributed by atoms with Crippen molar-refractivity contribution >= 4 is 23.0 Å². The number of likely N-dealkylation sites (N-methyl/N-ethyl adjacent to an activating group) is 1. The minimum absolute atomic E-state index is 0.0270. The maximum absolute atomic E-state index is 12.9. The van der Waals surface area contributed by atoms with E-state index < -0.39 is 0 Å². The molecule has 3 aliphatic heterocycles. The Hall–Kier alpha value is -2.12. The summed E-state index contributed by atoms with van der Waals surface area (Å²) in [6, 6.07) is 6.10. The molecule has 27 heavy (non-hydrogen) atoms. The Kier molecular flexibility index (Phi) is 3.74. The summed E-state index contributed by atoms with van der Waals surface area (Å²) in [5.74, 6) is -0.179. The molecule has 1 aliphatic carbocycles. The van der Waals surface area contributed by atoms with E-state index >= 15 is 0 Å². The summed E-state index contributed by atoms with van der Waals surface area (Å²) in [6.07, 6.45) is 3.38. The molecular formula is C20H28N6O. The average Bonchev–Trinajstić information content (AvgIpc) is 3.37. The third-order valence-electron chi connectivity index (χ3n) is 7.03. The fourth-order valence-electron chi connectivity index (χ4n) is 5.12. The van der Waals surface area contributed by atoms with Crippen molar-refractivity contribution in [3.63, 3.8) is 0 Å². The van der Waals surface area contributed by atoms with E-state index in [1.807, 2.05) is 23.1 Å². The maximum atomic E-state index is 12.9. The van der Waals surface area contributed by atoms with Gasteiger partial charge in [0.1, 0.15) is 5.71 Å². The van der Waals surface area contributed by atoms with E-state index in [1.54, 1.807) is 0 Å². The molecule has 1 saturated carbocycles. The molecule has 4 aliphatic rings. The highest BCUT2D eigenvalue weighted by Crippen LogP contribution is 2.56. The molecule has 7 nitrogen and oxygen atoms in total. The van der Waals surface area contributed by atoms with Crippen LogP contribution in [0.15, 0.2) is 18.2 Å². The van der Waals surface area contributed by atoms with E-state index in [4.69, 9.17) is 11.1 Å². The van der Waals surface area contributed by atoms with Crippen molar-refractivity contribution in [1.82, 2.24) is 14.7 Å². The minimum atomic E-state index is -0.179. The molecule has 3 atom stereocenters. The normalized spacial score (nSPS) is 32.3. The van der Waals surface area contributed by atoms with Crippen LogP contribution in [0.3, 0.4) is 0 Å². The van der Waals surface area contributed by atoms with Crippen LogP contribution < -0.4 is 10.6 Å². The lowest BCUT2D eigenvalue weighted by Crippen LogP contribution is -2.52. The van der Waals surface area contributed by atoms with Crippen molar-refractivity contribution in [3.05, 3.63) is 23.8 Å². The number of nitrogens with two attached hydrogens (primary N) is 1. The summed E-state index contributed by atoms with van der Waals surface area (Å²) in [5.41, 5.74) is 8.74. The van der Waals surface area contributed by atoms with E-state index in [0.717, 1.165) is 51.3 Å². The molecule has 3 unspecified atom stereocenters. The lowest BCUT2D eigenvalue weighted by Gasteiger charge is -2.38. The van der Waals surface area contributed by atoms with Gasteiger partial charge in [0.15, 0.2) is 0 Å². The zero-order valence-electron chi connectivity index (χ0n) is 15.9. The molecular weight excluding hydrogens is 340 g/mol. The first-order valence-electron chi connectivity index (χ1n) is 9.97. The first kappa shape index (κ1) is 17.0. The second-order valence-corrected chi connectivity index (χ2v) is 8.56. The SMILES string of the molecule is CN1CCCN(c2ccc(C(=N)C(=O)N3CN4CC45CCC35)c(N)c2)CC1.